The number of rotatable bonds is 3. The molecule has 3 nitrogen and oxygen atoms in total. The highest BCUT2D eigenvalue weighted by atomic mass is 16.5. The van der Waals surface area contributed by atoms with Crippen molar-refractivity contribution in [1.82, 2.24) is 4.98 Å². The normalized spacial score (nSPS) is 12.2. The summed E-state index contributed by atoms with van der Waals surface area (Å²) in [4.78, 5) is 4.17. The van der Waals surface area contributed by atoms with Crippen LogP contribution in [-0.2, 0) is 0 Å². The molecule has 1 aromatic carbocycles. The summed E-state index contributed by atoms with van der Waals surface area (Å²) in [6, 6.07) is 9.59. The standard InChI is InChI=1S/C15H17NO2/c1-10-7-11(2)9-13(8-10)18-15-14(12(3)17)5-4-6-16-15/h4-9,12,17H,1-3H3/t12-/m1/s1. The van der Waals surface area contributed by atoms with Crippen LogP contribution in [0.4, 0.5) is 0 Å². The molecule has 0 aliphatic carbocycles. The topological polar surface area (TPSA) is 42.4 Å². The number of aryl methyl sites for hydroxylation is 2. The van der Waals surface area contributed by atoms with Crippen molar-refractivity contribution >= 4 is 0 Å². The van der Waals surface area contributed by atoms with E-state index in [1.54, 1.807) is 19.2 Å². The van der Waals surface area contributed by atoms with Crippen LogP contribution in [0.3, 0.4) is 0 Å². The van der Waals surface area contributed by atoms with E-state index >= 15 is 0 Å². The lowest BCUT2D eigenvalue weighted by molar-refractivity contribution is 0.194. The molecule has 18 heavy (non-hydrogen) atoms. The van der Waals surface area contributed by atoms with Gasteiger partial charge in [0, 0.05) is 11.8 Å². The molecule has 0 bridgehead atoms. The molecule has 2 aromatic rings. The summed E-state index contributed by atoms with van der Waals surface area (Å²) in [6.45, 7) is 5.74. The summed E-state index contributed by atoms with van der Waals surface area (Å²) in [5.41, 5.74) is 2.97. The number of hydrogen-bond acceptors (Lipinski definition) is 3. The van der Waals surface area contributed by atoms with Crippen molar-refractivity contribution < 1.29 is 9.84 Å². The monoisotopic (exact) mass is 243 g/mol. The van der Waals surface area contributed by atoms with Gasteiger partial charge in [0.15, 0.2) is 0 Å². The van der Waals surface area contributed by atoms with Gasteiger partial charge in [-0.3, -0.25) is 0 Å². The summed E-state index contributed by atoms with van der Waals surface area (Å²) in [5.74, 6) is 1.20. The number of aliphatic hydroxyl groups is 1. The Morgan fingerprint density at radius 3 is 2.44 bits per heavy atom. The Morgan fingerprint density at radius 2 is 1.83 bits per heavy atom. The maximum atomic E-state index is 9.67. The van der Waals surface area contributed by atoms with E-state index in [4.69, 9.17) is 4.74 Å². The van der Waals surface area contributed by atoms with Crippen molar-refractivity contribution in [3.63, 3.8) is 0 Å². The first-order chi connectivity index (χ1) is 8.56. The lowest BCUT2D eigenvalue weighted by Crippen LogP contribution is -1.98. The van der Waals surface area contributed by atoms with Gasteiger partial charge >= 0.3 is 0 Å². The molecule has 0 saturated carbocycles. The highest BCUT2D eigenvalue weighted by Crippen LogP contribution is 2.28. The van der Waals surface area contributed by atoms with Gasteiger partial charge in [-0.25, -0.2) is 4.98 Å². The number of hydrogen-bond donors (Lipinski definition) is 1. The Hall–Kier alpha value is -1.87. The molecule has 1 atom stereocenters. The lowest BCUT2D eigenvalue weighted by atomic mass is 10.1. The third kappa shape index (κ3) is 2.87. The Bertz CT molecular complexity index is 530. The Labute approximate surface area is 107 Å². The van der Waals surface area contributed by atoms with Gasteiger partial charge in [0.1, 0.15) is 5.75 Å². The fraction of sp³-hybridized carbons (Fsp3) is 0.267. The third-order valence-corrected chi connectivity index (χ3v) is 2.66. The molecular formula is C15H17NO2. The molecule has 0 fully saturated rings. The highest BCUT2D eigenvalue weighted by Gasteiger charge is 2.10. The molecule has 1 heterocycles. The van der Waals surface area contributed by atoms with E-state index in [-0.39, 0.29) is 0 Å². The Kier molecular flexibility index (Phi) is 3.63. The average molecular weight is 243 g/mol. The summed E-state index contributed by atoms with van der Waals surface area (Å²) < 4.78 is 5.76. The van der Waals surface area contributed by atoms with E-state index in [1.807, 2.05) is 32.0 Å². The zero-order valence-corrected chi connectivity index (χ0v) is 10.8. The minimum absolute atomic E-state index is 0.456. The van der Waals surface area contributed by atoms with Gasteiger partial charge in [0.25, 0.3) is 0 Å². The fourth-order valence-corrected chi connectivity index (χ4v) is 1.91. The first-order valence-corrected chi connectivity index (χ1v) is 5.95. The maximum Gasteiger partial charge on any atom is 0.225 e. The predicted molar refractivity (Wildman–Crippen MR) is 70.9 cm³/mol. The molecule has 1 N–H and O–H groups in total. The predicted octanol–water partition coefficient (Wildman–Crippen LogP) is 3.54. The van der Waals surface area contributed by atoms with Crippen LogP contribution in [0.15, 0.2) is 36.5 Å². The minimum atomic E-state index is -0.598. The van der Waals surface area contributed by atoms with Crippen LogP contribution in [0.5, 0.6) is 11.6 Å². The quantitative estimate of drug-likeness (QED) is 0.896. The number of ether oxygens (including phenoxy) is 1. The van der Waals surface area contributed by atoms with Crippen molar-refractivity contribution in [3.8, 4) is 11.6 Å². The van der Waals surface area contributed by atoms with E-state index in [1.165, 1.54) is 0 Å². The second kappa shape index (κ2) is 5.19. The summed E-state index contributed by atoms with van der Waals surface area (Å²) >= 11 is 0. The van der Waals surface area contributed by atoms with Crippen molar-refractivity contribution in [3.05, 3.63) is 53.2 Å². The number of aliphatic hydroxyl groups excluding tert-OH is 1. The first-order valence-electron chi connectivity index (χ1n) is 5.95. The Balaban J connectivity index is 2.34. The molecule has 3 heteroatoms. The lowest BCUT2D eigenvalue weighted by Gasteiger charge is -2.12. The smallest absolute Gasteiger partial charge is 0.225 e. The maximum absolute atomic E-state index is 9.67. The first kappa shape index (κ1) is 12.6. The zero-order chi connectivity index (χ0) is 13.1. The Morgan fingerprint density at radius 1 is 1.17 bits per heavy atom. The van der Waals surface area contributed by atoms with Gasteiger partial charge in [-0.15, -0.1) is 0 Å². The van der Waals surface area contributed by atoms with Crippen LogP contribution in [-0.4, -0.2) is 10.1 Å². The number of nitrogens with zero attached hydrogens (tertiary/aromatic N) is 1. The zero-order valence-electron chi connectivity index (χ0n) is 10.8. The summed E-state index contributed by atoms with van der Waals surface area (Å²) in [5, 5.41) is 9.67. The molecule has 0 amide bonds. The van der Waals surface area contributed by atoms with Crippen molar-refractivity contribution in [1.29, 1.82) is 0 Å². The van der Waals surface area contributed by atoms with Gasteiger partial charge in [-0.1, -0.05) is 6.07 Å². The number of benzene rings is 1. The van der Waals surface area contributed by atoms with Gasteiger partial charge < -0.3 is 9.84 Å². The molecule has 94 valence electrons. The van der Waals surface area contributed by atoms with E-state index in [9.17, 15) is 5.11 Å². The number of pyridine rings is 1. The van der Waals surface area contributed by atoms with Crippen LogP contribution in [0.2, 0.25) is 0 Å². The average Bonchev–Trinajstić information content (AvgIpc) is 2.27. The second-order valence-corrected chi connectivity index (χ2v) is 4.50. The van der Waals surface area contributed by atoms with Gasteiger partial charge in [-0.2, -0.15) is 0 Å². The fourth-order valence-electron chi connectivity index (χ4n) is 1.91. The van der Waals surface area contributed by atoms with E-state index in [0.29, 0.717) is 11.4 Å². The molecule has 0 radical (unpaired) electrons. The minimum Gasteiger partial charge on any atom is -0.439 e. The summed E-state index contributed by atoms with van der Waals surface area (Å²) in [7, 11) is 0. The van der Waals surface area contributed by atoms with Crippen LogP contribution < -0.4 is 4.74 Å². The molecule has 2 rings (SSSR count). The van der Waals surface area contributed by atoms with E-state index in [0.717, 1.165) is 16.9 Å². The van der Waals surface area contributed by atoms with E-state index in [2.05, 4.69) is 11.1 Å². The molecule has 0 aliphatic heterocycles. The van der Waals surface area contributed by atoms with E-state index < -0.39 is 6.10 Å². The molecule has 0 aliphatic rings. The molecule has 0 spiro atoms. The van der Waals surface area contributed by atoms with Gasteiger partial charge in [0.2, 0.25) is 5.88 Å². The van der Waals surface area contributed by atoms with Crippen molar-refractivity contribution in [2.24, 2.45) is 0 Å². The van der Waals surface area contributed by atoms with Gasteiger partial charge in [-0.05, 0) is 56.2 Å². The third-order valence-electron chi connectivity index (χ3n) is 2.66. The van der Waals surface area contributed by atoms with Crippen LogP contribution >= 0.6 is 0 Å². The van der Waals surface area contributed by atoms with Gasteiger partial charge in [0.05, 0.1) is 6.10 Å². The molecular weight excluding hydrogens is 226 g/mol. The second-order valence-electron chi connectivity index (χ2n) is 4.50. The number of aromatic nitrogens is 1. The van der Waals surface area contributed by atoms with Crippen LogP contribution in [0.25, 0.3) is 0 Å². The molecule has 0 unspecified atom stereocenters. The SMILES string of the molecule is Cc1cc(C)cc(Oc2ncccc2[C@@H](C)O)c1. The van der Waals surface area contributed by atoms with Crippen molar-refractivity contribution in [2.45, 2.75) is 26.9 Å². The molecule has 0 saturated heterocycles. The molecule has 1 aromatic heterocycles. The summed E-state index contributed by atoms with van der Waals surface area (Å²) in [6.07, 6.45) is 1.06. The van der Waals surface area contributed by atoms with Crippen LogP contribution in [0.1, 0.15) is 29.7 Å². The largest absolute Gasteiger partial charge is 0.439 e. The highest BCUT2D eigenvalue weighted by molar-refractivity contribution is 5.37. The van der Waals surface area contributed by atoms with Crippen molar-refractivity contribution in [2.75, 3.05) is 0 Å². The van der Waals surface area contributed by atoms with Crippen LogP contribution in [0, 0.1) is 13.8 Å².